The van der Waals surface area contributed by atoms with E-state index in [0.717, 1.165) is 29.6 Å². The molecule has 3 aliphatic rings. The molecular formula is C19H32. The normalized spacial score (nSPS) is 53.2. The van der Waals surface area contributed by atoms with Crippen molar-refractivity contribution in [3.8, 4) is 0 Å². The number of rotatable bonds is 1. The van der Waals surface area contributed by atoms with E-state index < -0.39 is 0 Å². The van der Waals surface area contributed by atoms with E-state index in [9.17, 15) is 0 Å². The molecule has 3 bridgehead atoms. The van der Waals surface area contributed by atoms with Crippen LogP contribution in [0.25, 0.3) is 0 Å². The fourth-order valence-corrected chi connectivity index (χ4v) is 5.74. The minimum absolute atomic E-state index is 0.483. The van der Waals surface area contributed by atoms with Gasteiger partial charge in [-0.3, -0.25) is 0 Å². The van der Waals surface area contributed by atoms with Crippen LogP contribution >= 0.6 is 0 Å². The zero-order valence-electron chi connectivity index (χ0n) is 13.6. The van der Waals surface area contributed by atoms with Crippen molar-refractivity contribution in [1.29, 1.82) is 0 Å². The molecule has 6 atom stereocenters. The van der Waals surface area contributed by atoms with Gasteiger partial charge in [-0.25, -0.2) is 0 Å². The second-order valence-electron chi connectivity index (χ2n) is 9.01. The molecule has 0 spiro atoms. The monoisotopic (exact) mass is 260 g/mol. The molecule has 0 nitrogen and oxygen atoms in total. The fraction of sp³-hybridized carbons (Fsp3) is 0.895. The first kappa shape index (κ1) is 13.7. The highest BCUT2D eigenvalue weighted by atomic mass is 14.5. The minimum Gasteiger partial charge on any atom is -0.0820 e. The van der Waals surface area contributed by atoms with Crippen molar-refractivity contribution in [3.05, 3.63) is 12.2 Å². The Morgan fingerprint density at radius 3 is 2.32 bits per heavy atom. The molecule has 2 saturated carbocycles. The summed E-state index contributed by atoms with van der Waals surface area (Å²) < 4.78 is 0. The quantitative estimate of drug-likeness (QED) is 0.531. The molecule has 19 heavy (non-hydrogen) atoms. The zero-order valence-corrected chi connectivity index (χ0v) is 13.6. The highest BCUT2D eigenvalue weighted by Crippen LogP contribution is 2.58. The number of allylic oxidation sites excluding steroid dienone is 2. The molecule has 0 radical (unpaired) electrons. The Morgan fingerprint density at radius 2 is 1.63 bits per heavy atom. The van der Waals surface area contributed by atoms with Crippen LogP contribution in [0.1, 0.15) is 66.7 Å². The highest BCUT2D eigenvalue weighted by Gasteiger charge is 2.49. The van der Waals surface area contributed by atoms with Crippen molar-refractivity contribution in [2.45, 2.75) is 66.7 Å². The van der Waals surface area contributed by atoms with E-state index in [1.165, 1.54) is 32.1 Å². The molecule has 2 fully saturated rings. The molecule has 108 valence electrons. The molecule has 0 heteroatoms. The average molecular weight is 260 g/mol. The van der Waals surface area contributed by atoms with E-state index in [0.29, 0.717) is 10.8 Å². The Hall–Kier alpha value is -0.260. The van der Waals surface area contributed by atoms with Crippen LogP contribution in [0.3, 0.4) is 0 Å². The van der Waals surface area contributed by atoms with E-state index >= 15 is 0 Å². The summed E-state index contributed by atoms with van der Waals surface area (Å²) >= 11 is 0. The maximum atomic E-state index is 2.63. The van der Waals surface area contributed by atoms with Crippen LogP contribution in [0.2, 0.25) is 0 Å². The predicted molar refractivity (Wildman–Crippen MR) is 82.9 cm³/mol. The third kappa shape index (κ3) is 2.30. The summed E-state index contributed by atoms with van der Waals surface area (Å²) in [5.74, 6) is 4.72. The third-order valence-corrected chi connectivity index (χ3v) is 6.82. The molecule has 3 rings (SSSR count). The van der Waals surface area contributed by atoms with Gasteiger partial charge in [-0.1, -0.05) is 46.8 Å². The fourth-order valence-electron chi connectivity index (χ4n) is 5.74. The number of hydrogen-bond donors (Lipinski definition) is 0. The van der Waals surface area contributed by atoms with Crippen molar-refractivity contribution < 1.29 is 0 Å². The molecule has 0 saturated heterocycles. The topological polar surface area (TPSA) is 0 Å². The van der Waals surface area contributed by atoms with E-state index in [4.69, 9.17) is 0 Å². The van der Waals surface area contributed by atoms with Crippen LogP contribution in [0.15, 0.2) is 12.2 Å². The number of hydrogen-bond acceptors (Lipinski definition) is 0. The second-order valence-corrected chi connectivity index (χ2v) is 9.01. The van der Waals surface area contributed by atoms with Crippen molar-refractivity contribution in [2.24, 2.45) is 40.4 Å². The first-order valence-electron chi connectivity index (χ1n) is 8.52. The Labute approximate surface area is 120 Å². The third-order valence-electron chi connectivity index (χ3n) is 6.82. The summed E-state index contributed by atoms with van der Waals surface area (Å²) in [5, 5.41) is 0. The van der Waals surface area contributed by atoms with Gasteiger partial charge in [0.1, 0.15) is 0 Å². The first-order chi connectivity index (χ1) is 8.82. The Bertz CT molecular complexity index is 379. The summed E-state index contributed by atoms with van der Waals surface area (Å²) in [6, 6.07) is 0. The lowest BCUT2D eigenvalue weighted by Gasteiger charge is -2.50. The lowest BCUT2D eigenvalue weighted by atomic mass is 9.55. The minimum atomic E-state index is 0.483. The molecule has 0 aromatic carbocycles. The van der Waals surface area contributed by atoms with Gasteiger partial charge in [-0.05, 0) is 72.5 Å². The molecule has 0 N–H and O–H groups in total. The van der Waals surface area contributed by atoms with E-state index in [1.54, 1.807) is 0 Å². The van der Waals surface area contributed by atoms with Crippen LogP contribution in [-0.2, 0) is 0 Å². The van der Waals surface area contributed by atoms with Crippen LogP contribution in [0, 0.1) is 40.4 Å². The van der Waals surface area contributed by atoms with E-state index in [-0.39, 0.29) is 0 Å². The molecule has 0 aromatic rings. The van der Waals surface area contributed by atoms with Gasteiger partial charge >= 0.3 is 0 Å². The summed E-state index contributed by atoms with van der Waals surface area (Å²) in [6.07, 6.45) is 12.5. The average Bonchev–Trinajstić information content (AvgIpc) is 2.38. The first-order valence-corrected chi connectivity index (χ1v) is 8.52. The number of fused-ring (bicyclic) bond motifs is 3. The van der Waals surface area contributed by atoms with Gasteiger partial charge < -0.3 is 0 Å². The largest absolute Gasteiger partial charge is 0.0820 e. The summed E-state index contributed by atoms with van der Waals surface area (Å²) in [6.45, 7) is 12.5. The van der Waals surface area contributed by atoms with Crippen molar-refractivity contribution in [2.75, 3.05) is 0 Å². The van der Waals surface area contributed by atoms with Gasteiger partial charge in [0, 0.05) is 0 Å². The molecule has 3 aliphatic carbocycles. The smallest absolute Gasteiger partial charge is 0.0141 e. The highest BCUT2D eigenvalue weighted by molar-refractivity contribution is 5.13. The van der Waals surface area contributed by atoms with Crippen LogP contribution in [-0.4, -0.2) is 0 Å². The summed E-state index contributed by atoms with van der Waals surface area (Å²) in [7, 11) is 0. The molecule has 0 aliphatic heterocycles. The SMILES string of the molecule is CC(C)C1CC2(C)C=CC3(C)CCC1C(C2)C(C)C3. The van der Waals surface area contributed by atoms with Gasteiger partial charge in [0.25, 0.3) is 0 Å². The molecule has 0 aromatic heterocycles. The van der Waals surface area contributed by atoms with Gasteiger partial charge in [-0.15, -0.1) is 0 Å². The van der Waals surface area contributed by atoms with Crippen molar-refractivity contribution >= 4 is 0 Å². The van der Waals surface area contributed by atoms with Gasteiger partial charge in [-0.2, -0.15) is 0 Å². The van der Waals surface area contributed by atoms with E-state index in [1.807, 2.05) is 0 Å². The van der Waals surface area contributed by atoms with Gasteiger partial charge in [0.05, 0.1) is 0 Å². The van der Waals surface area contributed by atoms with Gasteiger partial charge in [0.15, 0.2) is 0 Å². The maximum Gasteiger partial charge on any atom is -0.0141 e. The van der Waals surface area contributed by atoms with Gasteiger partial charge in [0.2, 0.25) is 0 Å². The Balaban J connectivity index is 2.06. The Kier molecular flexibility index (Phi) is 3.15. The van der Waals surface area contributed by atoms with Crippen LogP contribution in [0.5, 0.6) is 0 Å². The lowest BCUT2D eigenvalue weighted by Crippen LogP contribution is -2.42. The van der Waals surface area contributed by atoms with Crippen LogP contribution in [0.4, 0.5) is 0 Å². The zero-order chi connectivity index (χ0) is 13.8. The Morgan fingerprint density at radius 1 is 0.947 bits per heavy atom. The second kappa shape index (κ2) is 4.37. The van der Waals surface area contributed by atoms with Crippen molar-refractivity contribution in [1.82, 2.24) is 0 Å². The van der Waals surface area contributed by atoms with E-state index in [2.05, 4.69) is 46.8 Å². The maximum absolute atomic E-state index is 2.63. The molecule has 0 amide bonds. The van der Waals surface area contributed by atoms with Crippen molar-refractivity contribution in [3.63, 3.8) is 0 Å². The predicted octanol–water partition coefficient (Wildman–Crippen LogP) is 5.69. The summed E-state index contributed by atoms with van der Waals surface area (Å²) in [4.78, 5) is 0. The summed E-state index contributed by atoms with van der Waals surface area (Å²) in [5.41, 5.74) is 0.969. The molecule has 6 unspecified atom stereocenters. The standard InChI is InChI=1S/C19H32/c1-13(2)16-11-19(5)9-8-18(4)7-6-15(16)17(12-19)14(3)10-18/h8-9,13-17H,6-7,10-12H2,1-5H3. The lowest BCUT2D eigenvalue weighted by molar-refractivity contribution is 0.0176. The molecular weight excluding hydrogens is 228 g/mol. The van der Waals surface area contributed by atoms with Crippen LogP contribution < -0.4 is 0 Å². The molecule has 0 heterocycles.